The Morgan fingerprint density at radius 2 is 2.17 bits per heavy atom. The van der Waals surface area contributed by atoms with Crippen molar-refractivity contribution in [3.63, 3.8) is 0 Å². The number of aromatic amines is 1. The van der Waals surface area contributed by atoms with Crippen molar-refractivity contribution in [1.82, 2.24) is 9.97 Å². The molecule has 2 heterocycles. The molecular formula is C15H17FN4O3. The van der Waals surface area contributed by atoms with Crippen LogP contribution in [0.25, 0.3) is 0 Å². The lowest BCUT2D eigenvalue weighted by Crippen LogP contribution is -2.36. The zero-order valence-electron chi connectivity index (χ0n) is 12.4. The van der Waals surface area contributed by atoms with Crippen LogP contribution >= 0.6 is 0 Å². The van der Waals surface area contributed by atoms with Crippen LogP contribution in [0.1, 0.15) is 24.8 Å². The van der Waals surface area contributed by atoms with E-state index in [1.165, 1.54) is 12.1 Å². The summed E-state index contributed by atoms with van der Waals surface area (Å²) in [5.41, 5.74) is 0.107. The fourth-order valence-electron chi connectivity index (χ4n) is 2.98. The van der Waals surface area contributed by atoms with Gasteiger partial charge in [-0.1, -0.05) is 0 Å². The normalized spacial score (nSPS) is 17.2. The lowest BCUT2D eigenvalue weighted by molar-refractivity contribution is -0.385. The van der Waals surface area contributed by atoms with Gasteiger partial charge in [-0.25, -0.2) is 9.37 Å². The van der Waals surface area contributed by atoms with E-state index in [0.29, 0.717) is 37.4 Å². The molecule has 7 nitrogen and oxygen atoms in total. The third-order valence-corrected chi connectivity index (χ3v) is 4.27. The second kappa shape index (κ2) is 6.33. The molecule has 1 aromatic heterocycles. The van der Waals surface area contributed by atoms with Gasteiger partial charge in [0.2, 0.25) is 0 Å². The van der Waals surface area contributed by atoms with Crippen LogP contribution in [0.3, 0.4) is 0 Å². The molecule has 1 saturated heterocycles. The number of nitro groups is 1. The quantitative estimate of drug-likeness (QED) is 0.666. The molecule has 2 N–H and O–H groups in total. The number of aliphatic hydroxyl groups is 1. The van der Waals surface area contributed by atoms with Crippen LogP contribution in [0.2, 0.25) is 0 Å². The van der Waals surface area contributed by atoms with E-state index in [1.54, 1.807) is 12.4 Å². The van der Waals surface area contributed by atoms with E-state index in [4.69, 9.17) is 0 Å². The number of anilines is 1. The largest absolute Gasteiger partial charge is 0.385 e. The number of nitrogens with zero attached hydrogens (tertiary/aromatic N) is 3. The molecule has 1 aliphatic heterocycles. The molecule has 1 aromatic carbocycles. The van der Waals surface area contributed by atoms with Gasteiger partial charge < -0.3 is 15.0 Å². The summed E-state index contributed by atoms with van der Waals surface area (Å²) in [6, 6.07) is 3.69. The molecule has 122 valence electrons. The third-order valence-electron chi connectivity index (χ3n) is 4.27. The van der Waals surface area contributed by atoms with Gasteiger partial charge in [0.1, 0.15) is 11.9 Å². The molecule has 1 fully saturated rings. The first-order valence-corrected chi connectivity index (χ1v) is 7.42. The molecule has 3 rings (SSSR count). The summed E-state index contributed by atoms with van der Waals surface area (Å²) in [7, 11) is 0. The number of nitrogens with one attached hydrogen (secondary N) is 1. The van der Waals surface area contributed by atoms with Crippen LogP contribution in [0.5, 0.6) is 0 Å². The van der Waals surface area contributed by atoms with Gasteiger partial charge in [-0.2, -0.15) is 0 Å². The maximum Gasteiger partial charge on any atom is 0.272 e. The fourth-order valence-corrected chi connectivity index (χ4v) is 2.98. The van der Waals surface area contributed by atoms with Crippen LogP contribution in [0, 0.1) is 21.8 Å². The Bertz CT molecular complexity index is 684. The minimum atomic E-state index is -0.658. The van der Waals surface area contributed by atoms with Gasteiger partial charge in [0.05, 0.1) is 16.7 Å². The van der Waals surface area contributed by atoms with Gasteiger partial charge >= 0.3 is 0 Å². The Morgan fingerprint density at radius 3 is 2.74 bits per heavy atom. The number of H-pyrrole nitrogens is 1. The Labute approximate surface area is 131 Å². The number of halogens is 1. The van der Waals surface area contributed by atoms with Gasteiger partial charge in [-0.05, 0) is 24.8 Å². The zero-order valence-corrected chi connectivity index (χ0v) is 12.4. The van der Waals surface area contributed by atoms with Crippen molar-refractivity contribution in [3.05, 3.63) is 52.3 Å². The molecule has 0 bridgehead atoms. The number of hydrogen-bond acceptors (Lipinski definition) is 5. The van der Waals surface area contributed by atoms with Crippen LogP contribution in [-0.4, -0.2) is 33.1 Å². The van der Waals surface area contributed by atoms with E-state index < -0.39 is 16.8 Å². The maximum absolute atomic E-state index is 14.1. The van der Waals surface area contributed by atoms with Crippen LogP contribution in [-0.2, 0) is 0 Å². The first-order chi connectivity index (χ1) is 11.1. The number of imidazole rings is 1. The molecule has 1 unspecified atom stereocenters. The van der Waals surface area contributed by atoms with E-state index in [0.717, 1.165) is 6.07 Å². The SMILES string of the molecule is O=[N+]([O-])c1ccc(N2CCC(C(O)c3ncc[nH]3)CC2)c(F)c1. The van der Waals surface area contributed by atoms with Gasteiger partial charge in [0.25, 0.3) is 5.69 Å². The fraction of sp³-hybridized carbons (Fsp3) is 0.400. The Hall–Kier alpha value is -2.48. The topological polar surface area (TPSA) is 95.3 Å². The summed E-state index contributed by atoms with van der Waals surface area (Å²) in [5, 5.41) is 20.9. The minimum absolute atomic E-state index is 0.0542. The molecule has 23 heavy (non-hydrogen) atoms. The molecule has 2 aromatic rings. The van der Waals surface area contributed by atoms with Gasteiger partial charge in [-0.3, -0.25) is 10.1 Å². The third kappa shape index (κ3) is 3.16. The monoisotopic (exact) mass is 320 g/mol. The van der Waals surface area contributed by atoms with Crippen molar-refractivity contribution in [2.45, 2.75) is 18.9 Å². The van der Waals surface area contributed by atoms with E-state index in [-0.39, 0.29) is 11.6 Å². The highest BCUT2D eigenvalue weighted by Gasteiger charge is 2.28. The second-order valence-electron chi connectivity index (χ2n) is 5.64. The number of aromatic nitrogens is 2. The highest BCUT2D eigenvalue weighted by atomic mass is 19.1. The number of piperidine rings is 1. The van der Waals surface area contributed by atoms with E-state index >= 15 is 0 Å². The number of non-ortho nitro benzene ring substituents is 1. The van der Waals surface area contributed by atoms with Gasteiger partial charge in [-0.15, -0.1) is 0 Å². The average Bonchev–Trinajstić information content (AvgIpc) is 3.08. The highest BCUT2D eigenvalue weighted by molar-refractivity contribution is 5.52. The second-order valence-corrected chi connectivity index (χ2v) is 5.64. The molecule has 1 aliphatic rings. The van der Waals surface area contributed by atoms with Gasteiger partial charge in [0, 0.05) is 31.5 Å². The molecule has 0 aliphatic carbocycles. The number of nitro benzene ring substituents is 1. The van der Waals surface area contributed by atoms with Crippen LogP contribution < -0.4 is 4.90 Å². The van der Waals surface area contributed by atoms with Crippen molar-refractivity contribution >= 4 is 11.4 Å². The van der Waals surface area contributed by atoms with Crippen molar-refractivity contribution in [2.24, 2.45) is 5.92 Å². The first-order valence-electron chi connectivity index (χ1n) is 7.42. The smallest absolute Gasteiger partial charge is 0.272 e. The highest BCUT2D eigenvalue weighted by Crippen LogP contribution is 2.32. The molecule has 0 saturated carbocycles. The summed E-state index contributed by atoms with van der Waals surface area (Å²) in [6.45, 7) is 1.16. The van der Waals surface area contributed by atoms with Crippen LogP contribution in [0.15, 0.2) is 30.6 Å². The lowest BCUT2D eigenvalue weighted by atomic mass is 9.90. The average molecular weight is 320 g/mol. The summed E-state index contributed by atoms with van der Waals surface area (Å²) in [4.78, 5) is 18.9. The number of hydrogen-bond donors (Lipinski definition) is 2. The first kappa shape index (κ1) is 15.4. The molecule has 0 radical (unpaired) electrons. The molecule has 0 amide bonds. The summed E-state index contributed by atoms with van der Waals surface area (Å²) in [5.74, 6) is 0.00714. The van der Waals surface area contributed by atoms with Crippen LogP contribution in [0.4, 0.5) is 15.8 Å². The molecule has 8 heteroatoms. The Kier molecular flexibility index (Phi) is 4.24. The Balaban J connectivity index is 1.66. The lowest BCUT2D eigenvalue weighted by Gasteiger charge is -2.35. The Morgan fingerprint density at radius 1 is 1.43 bits per heavy atom. The van der Waals surface area contributed by atoms with Gasteiger partial charge in [0.15, 0.2) is 5.82 Å². The number of aliphatic hydroxyl groups excluding tert-OH is 1. The minimum Gasteiger partial charge on any atom is -0.385 e. The molecule has 1 atom stereocenters. The summed E-state index contributed by atoms with van der Waals surface area (Å²) < 4.78 is 14.1. The number of rotatable bonds is 4. The van der Waals surface area contributed by atoms with Crippen molar-refractivity contribution < 1.29 is 14.4 Å². The number of benzene rings is 1. The van der Waals surface area contributed by atoms with E-state index in [2.05, 4.69) is 9.97 Å². The maximum atomic E-state index is 14.1. The standard InChI is InChI=1S/C15H17FN4O3/c16-12-9-11(20(22)23)1-2-13(12)19-7-3-10(4-8-19)14(21)15-17-5-6-18-15/h1-2,5-6,9-10,14,21H,3-4,7-8H2,(H,17,18). The van der Waals surface area contributed by atoms with Crippen molar-refractivity contribution in [2.75, 3.05) is 18.0 Å². The summed E-state index contributed by atoms with van der Waals surface area (Å²) >= 11 is 0. The van der Waals surface area contributed by atoms with E-state index in [1.807, 2.05) is 4.90 Å². The van der Waals surface area contributed by atoms with Crippen molar-refractivity contribution in [3.8, 4) is 0 Å². The van der Waals surface area contributed by atoms with E-state index in [9.17, 15) is 19.6 Å². The predicted molar refractivity (Wildman–Crippen MR) is 81.5 cm³/mol. The van der Waals surface area contributed by atoms with Crippen molar-refractivity contribution in [1.29, 1.82) is 0 Å². The predicted octanol–water partition coefficient (Wildman–Crippen LogP) is 2.41. The molecular weight excluding hydrogens is 303 g/mol. The molecule has 0 spiro atoms. The summed E-state index contributed by atoms with van der Waals surface area (Å²) in [6.07, 6.45) is 3.99. The zero-order chi connectivity index (χ0) is 16.4.